The van der Waals surface area contributed by atoms with E-state index in [9.17, 15) is 0 Å². The largest absolute Gasteiger partial charge is 0.395 e. The molecule has 0 aromatic rings. The van der Waals surface area contributed by atoms with Gasteiger partial charge in [-0.1, -0.05) is 0 Å². The third-order valence-electron chi connectivity index (χ3n) is 3.87. The zero-order valence-corrected chi connectivity index (χ0v) is 10.2. The quantitative estimate of drug-likeness (QED) is 0.625. The molecular formula is C11H25N2O2+. The summed E-state index contributed by atoms with van der Waals surface area (Å²) in [5.41, 5.74) is 0. The molecule has 1 fully saturated rings. The molecule has 1 heterocycles. The van der Waals surface area contributed by atoms with Gasteiger partial charge in [0.2, 0.25) is 0 Å². The van der Waals surface area contributed by atoms with Crippen LogP contribution < -0.4 is 0 Å². The maximum atomic E-state index is 9.09. The van der Waals surface area contributed by atoms with Crippen LogP contribution in [-0.4, -0.2) is 78.1 Å². The SMILES string of the molecule is CC1C[N+](C)(CCO)C(C)CN1CCO. The predicted octanol–water partition coefficient (Wildman–Crippen LogP) is -0.490. The monoisotopic (exact) mass is 217 g/mol. The first-order valence-electron chi connectivity index (χ1n) is 5.83. The van der Waals surface area contributed by atoms with Crippen molar-refractivity contribution in [2.24, 2.45) is 0 Å². The molecule has 0 saturated carbocycles. The van der Waals surface area contributed by atoms with Crippen LogP contribution in [0.3, 0.4) is 0 Å². The van der Waals surface area contributed by atoms with Crippen LogP contribution in [0.5, 0.6) is 0 Å². The number of aliphatic hydroxyl groups is 2. The lowest BCUT2D eigenvalue weighted by molar-refractivity contribution is -0.938. The molecule has 1 aliphatic rings. The van der Waals surface area contributed by atoms with Gasteiger partial charge in [-0.25, -0.2) is 0 Å². The maximum absolute atomic E-state index is 9.09. The fourth-order valence-electron chi connectivity index (χ4n) is 2.60. The summed E-state index contributed by atoms with van der Waals surface area (Å²) in [4.78, 5) is 2.34. The van der Waals surface area contributed by atoms with Crippen molar-refractivity contribution in [1.29, 1.82) is 0 Å². The van der Waals surface area contributed by atoms with Gasteiger partial charge in [-0.3, -0.25) is 4.90 Å². The predicted molar refractivity (Wildman–Crippen MR) is 60.6 cm³/mol. The molecule has 0 aromatic carbocycles. The molecule has 0 aliphatic carbocycles. The molecule has 3 atom stereocenters. The van der Waals surface area contributed by atoms with Gasteiger partial charge in [0.05, 0.1) is 45.4 Å². The Hall–Kier alpha value is -0.160. The highest BCUT2D eigenvalue weighted by Gasteiger charge is 2.38. The Labute approximate surface area is 92.7 Å². The molecule has 0 aromatic heterocycles. The minimum atomic E-state index is 0.237. The molecule has 3 unspecified atom stereocenters. The minimum Gasteiger partial charge on any atom is -0.395 e. The van der Waals surface area contributed by atoms with E-state index in [1.165, 1.54) is 0 Å². The van der Waals surface area contributed by atoms with E-state index in [1.807, 2.05) is 0 Å². The third kappa shape index (κ3) is 2.91. The maximum Gasteiger partial charge on any atom is 0.102 e. The number of hydrogen-bond donors (Lipinski definition) is 2. The van der Waals surface area contributed by atoms with E-state index in [4.69, 9.17) is 10.2 Å². The van der Waals surface area contributed by atoms with Crippen molar-refractivity contribution >= 4 is 0 Å². The van der Waals surface area contributed by atoms with Gasteiger partial charge in [-0.15, -0.1) is 0 Å². The zero-order valence-electron chi connectivity index (χ0n) is 10.2. The van der Waals surface area contributed by atoms with E-state index in [2.05, 4.69) is 25.8 Å². The standard InChI is InChI=1S/C11H25N2O2/c1-10-9-13(3,5-7-15)11(2)8-12(10)4-6-14/h10-11,14-15H,4-9H2,1-3H3/q+1. The van der Waals surface area contributed by atoms with Gasteiger partial charge in [-0.2, -0.15) is 0 Å². The molecule has 1 saturated heterocycles. The summed E-state index contributed by atoms with van der Waals surface area (Å²) in [6.07, 6.45) is 0. The molecule has 4 heteroatoms. The van der Waals surface area contributed by atoms with Gasteiger partial charge < -0.3 is 14.7 Å². The summed E-state index contributed by atoms with van der Waals surface area (Å²) in [5.74, 6) is 0. The molecule has 0 amide bonds. The Morgan fingerprint density at radius 3 is 2.47 bits per heavy atom. The van der Waals surface area contributed by atoms with Crippen LogP contribution in [0, 0.1) is 0 Å². The number of β-amino-alcohol motifs (C(OH)–C–C–N with tert-alkyl or cyclic N) is 1. The Morgan fingerprint density at radius 2 is 1.93 bits per heavy atom. The first-order chi connectivity index (χ1) is 7.03. The first-order valence-corrected chi connectivity index (χ1v) is 5.83. The van der Waals surface area contributed by atoms with Gasteiger partial charge in [0.1, 0.15) is 6.54 Å². The fraction of sp³-hybridized carbons (Fsp3) is 1.00. The van der Waals surface area contributed by atoms with Gasteiger partial charge in [0.15, 0.2) is 0 Å². The van der Waals surface area contributed by atoms with Crippen LogP contribution in [0.15, 0.2) is 0 Å². The topological polar surface area (TPSA) is 43.7 Å². The second-order valence-electron chi connectivity index (χ2n) is 5.03. The molecular weight excluding hydrogens is 192 g/mol. The lowest BCUT2D eigenvalue weighted by Crippen LogP contribution is -2.66. The third-order valence-corrected chi connectivity index (χ3v) is 3.87. The highest BCUT2D eigenvalue weighted by molar-refractivity contribution is 4.76. The molecule has 0 spiro atoms. The van der Waals surface area contributed by atoms with Crippen molar-refractivity contribution in [3.8, 4) is 0 Å². The van der Waals surface area contributed by atoms with Crippen LogP contribution in [-0.2, 0) is 0 Å². The molecule has 2 N–H and O–H groups in total. The van der Waals surface area contributed by atoms with Gasteiger partial charge in [-0.05, 0) is 13.8 Å². The summed E-state index contributed by atoms with van der Waals surface area (Å²) < 4.78 is 0.944. The summed E-state index contributed by atoms with van der Waals surface area (Å²) in [5, 5.41) is 18.1. The van der Waals surface area contributed by atoms with Crippen LogP contribution in [0.4, 0.5) is 0 Å². The van der Waals surface area contributed by atoms with Crippen molar-refractivity contribution < 1.29 is 14.7 Å². The Morgan fingerprint density at radius 1 is 1.27 bits per heavy atom. The highest BCUT2D eigenvalue weighted by Crippen LogP contribution is 2.20. The Balaban J connectivity index is 2.61. The van der Waals surface area contributed by atoms with Gasteiger partial charge >= 0.3 is 0 Å². The number of hydrogen-bond acceptors (Lipinski definition) is 3. The summed E-state index contributed by atoms with van der Waals surface area (Å²) in [7, 11) is 2.22. The number of aliphatic hydroxyl groups excluding tert-OH is 2. The molecule has 4 nitrogen and oxygen atoms in total. The van der Waals surface area contributed by atoms with Crippen LogP contribution in [0.2, 0.25) is 0 Å². The molecule has 90 valence electrons. The van der Waals surface area contributed by atoms with E-state index >= 15 is 0 Å². The summed E-state index contributed by atoms with van der Waals surface area (Å²) in [6, 6.07) is 1.02. The average molecular weight is 217 g/mol. The van der Waals surface area contributed by atoms with Crippen molar-refractivity contribution in [1.82, 2.24) is 4.90 Å². The van der Waals surface area contributed by atoms with Crippen LogP contribution in [0.25, 0.3) is 0 Å². The van der Waals surface area contributed by atoms with E-state index in [0.29, 0.717) is 12.1 Å². The Kier molecular flexibility index (Phi) is 4.52. The Bertz CT molecular complexity index is 201. The summed E-state index contributed by atoms with van der Waals surface area (Å²) >= 11 is 0. The van der Waals surface area contributed by atoms with Crippen molar-refractivity contribution in [2.45, 2.75) is 25.9 Å². The normalized spacial score (nSPS) is 38.2. The van der Waals surface area contributed by atoms with Crippen molar-refractivity contribution in [2.75, 3.05) is 46.4 Å². The number of likely N-dealkylation sites (N-methyl/N-ethyl adjacent to an activating group) is 1. The smallest absolute Gasteiger partial charge is 0.102 e. The number of rotatable bonds is 4. The average Bonchev–Trinajstić information content (AvgIpc) is 2.15. The fourth-order valence-corrected chi connectivity index (χ4v) is 2.60. The number of nitrogens with zero attached hydrogens (tertiary/aromatic N) is 2. The molecule has 1 aliphatic heterocycles. The highest BCUT2D eigenvalue weighted by atomic mass is 16.3. The van der Waals surface area contributed by atoms with Crippen LogP contribution >= 0.6 is 0 Å². The molecule has 0 bridgehead atoms. The first kappa shape index (κ1) is 12.9. The van der Waals surface area contributed by atoms with Crippen LogP contribution in [0.1, 0.15) is 13.8 Å². The number of quaternary nitrogens is 1. The van der Waals surface area contributed by atoms with Crippen molar-refractivity contribution in [3.05, 3.63) is 0 Å². The van der Waals surface area contributed by atoms with E-state index in [1.54, 1.807) is 0 Å². The van der Waals surface area contributed by atoms with Gasteiger partial charge in [0, 0.05) is 6.54 Å². The van der Waals surface area contributed by atoms with Crippen molar-refractivity contribution in [3.63, 3.8) is 0 Å². The second kappa shape index (κ2) is 5.25. The van der Waals surface area contributed by atoms with E-state index in [-0.39, 0.29) is 13.2 Å². The molecule has 15 heavy (non-hydrogen) atoms. The molecule has 1 rings (SSSR count). The summed E-state index contributed by atoms with van der Waals surface area (Å²) in [6.45, 7) is 8.60. The zero-order chi connectivity index (χ0) is 11.5. The lowest BCUT2D eigenvalue weighted by Gasteiger charge is -2.49. The number of piperazine rings is 1. The minimum absolute atomic E-state index is 0.237. The second-order valence-corrected chi connectivity index (χ2v) is 5.03. The molecule has 0 radical (unpaired) electrons. The van der Waals surface area contributed by atoms with Gasteiger partial charge in [0.25, 0.3) is 0 Å². The van der Waals surface area contributed by atoms with E-state index in [0.717, 1.165) is 30.7 Å². The lowest BCUT2D eigenvalue weighted by atomic mass is 10.1. The van der Waals surface area contributed by atoms with E-state index < -0.39 is 0 Å².